The SMILES string of the molecule is CC(C)NC(=O)NCc1cc(C(=O)O)c(NC(=O)C(=O)O)s1. The summed E-state index contributed by atoms with van der Waals surface area (Å²) in [6, 6.07) is 0.792. The Kier molecular flexibility index (Phi) is 5.87. The van der Waals surface area contributed by atoms with Gasteiger partial charge in [-0.05, 0) is 19.9 Å². The minimum absolute atomic E-state index is 0.0481. The molecule has 0 atom stereocenters. The van der Waals surface area contributed by atoms with E-state index >= 15 is 0 Å². The maximum absolute atomic E-state index is 11.4. The van der Waals surface area contributed by atoms with Gasteiger partial charge in [-0.3, -0.25) is 4.79 Å². The first kappa shape index (κ1) is 17.4. The molecule has 1 aromatic rings. The van der Waals surface area contributed by atoms with Gasteiger partial charge in [-0.2, -0.15) is 0 Å². The highest BCUT2D eigenvalue weighted by molar-refractivity contribution is 7.16. The first-order valence-corrected chi connectivity index (χ1v) is 6.97. The summed E-state index contributed by atoms with van der Waals surface area (Å²) in [5, 5.41) is 24.6. The summed E-state index contributed by atoms with van der Waals surface area (Å²) in [7, 11) is 0. The largest absolute Gasteiger partial charge is 0.478 e. The van der Waals surface area contributed by atoms with Gasteiger partial charge in [0.05, 0.1) is 12.1 Å². The fourth-order valence-corrected chi connectivity index (χ4v) is 2.40. The number of urea groups is 1. The van der Waals surface area contributed by atoms with Crippen molar-refractivity contribution >= 4 is 40.2 Å². The number of carbonyl (C=O) groups is 4. The van der Waals surface area contributed by atoms with Crippen molar-refractivity contribution in [1.29, 1.82) is 0 Å². The number of hydrogen-bond acceptors (Lipinski definition) is 5. The molecule has 0 saturated heterocycles. The molecule has 0 aliphatic rings. The van der Waals surface area contributed by atoms with E-state index in [-0.39, 0.29) is 23.2 Å². The number of aromatic carboxylic acids is 1. The smallest absolute Gasteiger partial charge is 0.394 e. The van der Waals surface area contributed by atoms with Gasteiger partial charge in [-0.25, -0.2) is 14.4 Å². The van der Waals surface area contributed by atoms with Gasteiger partial charge >= 0.3 is 23.9 Å². The van der Waals surface area contributed by atoms with Crippen molar-refractivity contribution in [3.8, 4) is 0 Å². The van der Waals surface area contributed by atoms with Crippen LogP contribution in [0.4, 0.5) is 9.80 Å². The summed E-state index contributed by atoms with van der Waals surface area (Å²) < 4.78 is 0. The lowest BCUT2D eigenvalue weighted by molar-refractivity contribution is -0.147. The van der Waals surface area contributed by atoms with Gasteiger partial charge in [0.25, 0.3) is 0 Å². The molecule has 3 amide bonds. The van der Waals surface area contributed by atoms with Crippen LogP contribution in [0.2, 0.25) is 0 Å². The number of anilines is 1. The summed E-state index contributed by atoms with van der Waals surface area (Å²) in [6.07, 6.45) is 0. The quantitative estimate of drug-likeness (QED) is 0.502. The molecular weight excluding hydrogens is 314 g/mol. The highest BCUT2D eigenvalue weighted by Gasteiger charge is 2.20. The Balaban J connectivity index is 2.81. The summed E-state index contributed by atoms with van der Waals surface area (Å²) in [5.41, 5.74) is -0.235. The summed E-state index contributed by atoms with van der Waals surface area (Å²) >= 11 is 0.876. The van der Waals surface area contributed by atoms with Crippen LogP contribution in [-0.4, -0.2) is 40.1 Å². The molecule has 0 bridgehead atoms. The zero-order valence-corrected chi connectivity index (χ0v) is 12.6. The lowest BCUT2D eigenvalue weighted by atomic mass is 10.3. The molecule has 5 N–H and O–H groups in total. The van der Waals surface area contributed by atoms with Crippen LogP contribution in [0.15, 0.2) is 6.07 Å². The fraction of sp³-hybridized carbons (Fsp3) is 0.333. The van der Waals surface area contributed by atoms with Crippen LogP contribution in [0.5, 0.6) is 0 Å². The molecule has 0 spiro atoms. The maximum atomic E-state index is 11.4. The first-order chi connectivity index (χ1) is 10.2. The molecule has 120 valence electrons. The summed E-state index contributed by atoms with van der Waals surface area (Å²) in [6.45, 7) is 3.62. The van der Waals surface area contributed by atoms with Crippen molar-refractivity contribution in [2.75, 3.05) is 5.32 Å². The minimum atomic E-state index is -1.72. The van der Waals surface area contributed by atoms with Gasteiger partial charge in [-0.1, -0.05) is 0 Å². The van der Waals surface area contributed by atoms with Gasteiger partial charge in [0.1, 0.15) is 5.00 Å². The number of hydrogen-bond donors (Lipinski definition) is 5. The number of carboxylic acids is 2. The van der Waals surface area contributed by atoms with Crippen LogP contribution in [0, 0.1) is 0 Å². The standard InChI is InChI=1S/C12H15N3O6S/c1-5(2)14-12(21)13-4-6-3-7(10(17)18)9(22-6)15-8(16)11(19)20/h3,5H,4H2,1-2H3,(H,15,16)(H,17,18)(H,19,20)(H2,13,14,21). The third-order valence-corrected chi connectivity index (χ3v) is 3.33. The minimum Gasteiger partial charge on any atom is -0.478 e. The van der Waals surface area contributed by atoms with Gasteiger partial charge < -0.3 is 26.2 Å². The third-order valence-electron chi connectivity index (χ3n) is 2.28. The molecule has 9 nitrogen and oxygen atoms in total. The van der Waals surface area contributed by atoms with E-state index < -0.39 is 23.9 Å². The van der Waals surface area contributed by atoms with Crippen molar-refractivity contribution in [3.05, 3.63) is 16.5 Å². The molecule has 0 aliphatic carbocycles. The number of rotatable bonds is 5. The highest BCUT2D eigenvalue weighted by atomic mass is 32.1. The Bertz CT molecular complexity index is 610. The molecule has 0 aromatic carbocycles. The number of aliphatic carboxylic acids is 1. The Hall–Kier alpha value is -2.62. The third kappa shape index (κ3) is 5.05. The Labute approximate surface area is 129 Å². The Morgan fingerprint density at radius 2 is 1.86 bits per heavy atom. The molecule has 0 saturated carbocycles. The van der Waals surface area contributed by atoms with Crippen LogP contribution < -0.4 is 16.0 Å². The van der Waals surface area contributed by atoms with E-state index in [0.717, 1.165) is 11.3 Å². The topological polar surface area (TPSA) is 145 Å². The van der Waals surface area contributed by atoms with Gasteiger partial charge in [-0.15, -0.1) is 11.3 Å². The van der Waals surface area contributed by atoms with Crippen molar-refractivity contribution in [3.63, 3.8) is 0 Å². The van der Waals surface area contributed by atoms with E-state index in [0.29, 0.717) is 4.88 Å². The van der Waals surface area contributed by atoms with Gasteiger partial charge in [0.2, 0.25) is 0 Å². The van der Waals surface area contributed by atoms with Crippen molar-refractivity contribution in [1.82, 2.24) is 10.6 Å². The monoisotopic (exact) mass is 329 g/mol. The number of amides is 3. The molecule has 0 radical (unpaired) electrons. The van der Waals surface area contributed by atoms with E-state index in [4.69, 9.17) is 10.2 Å². The zero-order chi connectivity index (χ0) is 16.9. The first-order valence-electron chi connectivity index (χ1n) is 6.15. The maximum Gasteiger partial charge on any atom is 0.394 e. The number of thiophene rings is 1. The van der Waals surface area contributed by atoms with E-state index in [1.54, 1.807) is 13.8 Å². The molecule has 1 rings (SSSR count). The number of nitrogens with one attached hydrogen (secondary N) is 3. The second-order valence-electron chi connectivity index (χ2n) is 4.50. The second-order valence-corrected chi connectivity index (χ2v) is 5.64. The second kappa shape index (κ2) is 7.41. The van der Waals surface area contributed by atoms with Gasteiger partial charge in [0.15, 0.2) is 0 Å². The fourth-order valence-electron chi connectivity index (χ4n) is 1.42. The van der Waals surface area contributed by atoms with Crippen LogP contribution in [-0.2, 0) is 16.1 Å². The average Bonchev–Trinajstić information content (AvgIpc) is 2.78. The summed E-state index contributed by atoms with van der Waals surface area (Å²) in [4.78, 5) is 44.6. The molecule has 22 heavy (non-hydrogen) atoms. The lowest BCUT2D eigenvalue weighted by Gasteiger charge is -2.08. The highest BCUT2D eigenvalue weighted by Crippen LogP contribution is 2.28. The van der Waals surface area contributed by atoms with Crippen LogP contribution in [0.25, 0.3) is 0 Å². The predicted octanol–water partition coefficient (Wildman–Crippen LogP) is 0.677. The van der Waals surface area contributed by atoms with Crippen molar-refractivity contribution < 1.29 is 29.4 Å². The molecule has 0 fully saturated rings. The predicted molar refractivity (Wildman–Crippen MR) is 78.1 cm³/mol. The zero-order valence-electron chi connectivity index (χ0n) is 11.8. The van der Waals surface area contributed by atoms with Crippen LogP contribution >= 0.6 is 11.3 Å². The molecule has 1 heterocycles. The molecule has 0 aliphatic heterocycles. The van der Waals surface area contributed by atoms with Crippen molar-refractivity contribution in [2.24, 2.45) is 0 Å². The summed E-state index contributed by atoms with van der Waals surface area (Å²) in [5.74, 6) is -4.36. The molecule has 10 heteroatoms. The van der Waals surface area contributed by atoms with Crippen molar-refractivity contribution in [2.45, 2.75) is 26.4 Å². The van der Waals surface area contributed by atoms with Gasteiger partial charge in [0, 0.05) is 10.9 Å². The Morgan fingerprint density at radius 1 is 1.23 bits per heavy atom. The van der Waals surface area contributed by atoms with Crippen LogP contribution in [0.1, 0.15) is 29.1 Å². The van der Waals surface area contributed by atoms with E-state index in [2.05, 4.69) is 10.6 Å². The molecular formula is C12H15N3O6S. The molecule has 1 aromatic heterocycles. The normalized spacial score (nSPS) is 10.1. The van der Waals surface area contributed by atoms with E-state index in [9.17, 15) is 19.2 Å². The number of carbonyl (C=O) groups excluding carboxylic acids is 2. The number of carboxylic acid groups (broad SMARTS) is 2. The van der Waals surface area contributed by atoms with E-state index in [1.165, 1.54) is 6.07 Å². The molecule has 0 unspecified atom stereocenters. The van der Waals surface area contributed by atoms with Crippen LogP contribution in [0.3, 0.4) is 0 Å². The lowest BCUT2D eigenvalue weighted by Crippen LogP contribution is -2.38. The van der Waals surface area contributed by atoms with E-state index in [1.807, 2.05) is 5.32 Å². The Morgan fingerprint density at radius 3 is 2.36 bits per heavy atom. The average molecular weight is 329 g/mol.